The maximum absolute atomic E-state index is 13.4. The fraction of sp³-hybridized carbons (Fsp3) is 0.120. The van der Waals surface area contributed by atoms with Crippen LogP contribution in [0.1, 0.15) is 29.0 Å². The van der Waals surface area contributed by atoms with E-state index in [1.165, 1.54) is 6.07 Å². The number of aromatic nitrogens is 2. The predicted molar refractivity (Wildman–Crippen MR) is 127 cm³/mol. The molecule has 1 aliphatic rings. The van der Waals surface area contributed by atoms with Crippen molar-refractivity contribution in [1.82, 2.24) is 14.9 Å². The van der Waals surface area contributed by atoms with Crippen LogP contribution < -0.4 is 10.2 Å². The third-order valence-corrected chi connectivity index (χ3v) is 6.09. The van der Waals surface area contributed by atoms with Crippen LogP contribution in [0.4, 0.5) is 18.9 Å². The zero-order valence-corrected chi connectivity index (χ0v) is 18.5. The van der Waals surface area contributed by atoms with E-state index in [1.54, 1.807) is 64.3 Å². The van der Waals surface area contributed by atoms with Crippen molar-refractivity contribution in [3.05, 3.63) is 108 Å². The van der Waals surface area contributed by atoms with Crippen LogP contribution in [0.5, 0.6) is 5.75 Å². The molecule has 0 radical (unpaired) electrons. The maximum atomic E-state index is 13.4. The van der Waals surface area contributed by atoms with Gasteiger partial charge in [-0.05, 0) is 66.8 Å². The van der Waals surface area contributed by atoms with Crippen molar-refractivity contribution >= 4 is 23.0 Å². The molecule has 2 aromatic heterocycles. The minimum atomic E-state index is -4.46. The molecule has 34 heavy (non-hydrogen) atoms. The van der Waals surface area contributed by atoms with Crippen molar-refractivity contribution in [2.45, 2.75) is 18.3 Å². The van der Waals surface area contributed by atoms with E-state index >= 15 is 0 Å². The number of aromatic hydroxyl groups is 1. The SMILES string of the molecule is Oc1ccccc1N1C(=S)N[C@H](c2ccccn2)[C@@H]1c1cccn1-c1cccc(C(F)(F)F)c1. The van der Waals surface area contributed by atoms with Gasteiger partial charge in [0, 0.05) is 23.8 Å². The zero-order chi connectivity index (χ0) is 23.9. The number of rotatable bonds is 4. The first kappa shape index (κ1) is 22.0. The number of anilines is 1. The molecule has 0 saturated carbocycles. The largest absolute Gasteiger partial charge is 0.506 e. The number of nitrogens with one attached hydrogen (secondary N) is 1. The fourth-order valence-electron chi connectivity index (χ4n) is 4.29. The Kier molecular flexibility index (Phi) is 5.49. The first-order chi connectivity index (χ1) is 16.3. The molecule has 172 valence electrons. The molecular weight excluding hydrogens is 461 g/mol. The highest BCUT2D eigenvalue weighted by molar-refractivity contribution is 7.80. The average Bonchev–Trinajstić information content (AvgIpc) is 3.44. The Morgan fingerprint density at radius 1 is 0.941 bits per heavy atom. The van der Waals surface area contributed by atoms with Gasteiger partial charge in [0.2, 0.25) is 0 Å². The van der Waals surface area contributed by atoms with E-state index in [2.05, 4.69) is 10.3 Å². The summed E-state index contributed by atoms with van der Waals surface area (Å²) in [6.45, 7) is 0. The van der Waals surface area contributed by atoms with Gasteiger partial charge >= 0.3 is 6.18 Å². The molecule has 0 aliphatic carbocycles. The van der Waals surface area contributed by atoms with Gasteiger partial charge in [-0.1, -0.05) is 24.3 Å². The summed E-state index contributed by atoms with van der Waals surface area (Å²) in [5, 5.41) is 14.3. The third-order valence-electron chi connectivity index (χ3n) is 5.77. The van der Waals surface area contributed by atoms with Gasteiger partial charge in [-0.2, -0.15) is 13.2 Å². The lowest BCUT2D eigenvalue weighted by Gasteiger charge is -2.29. The van der Waals surface area contributed by atoms with Gasteiger partial charge in [-0.3, -0.25) is 4.98 Å². The predicted octanol–water partition coefficient (Wildman–Crippen LogP) is 5.77. The quantitative estimate of drug-likeness (QED) is 0.363. The van der Waals surface area contributed by atoms with E-state index in [0.29, 0.717) is 27.9 Å². The molecule has 0 unspecified atom stereocenters. The molecule has 2 aromatic carbocycles. The monoisotopic (exact) mass is 480 g/mol. The fourth-order valence-corrected chi connectivity index (χ4v) is 4.62. The molecule has 2 atom stereocenters. The molecule has 0 spiro atoms. The number of nitrogens with zero attached hydrogens (tertiary/aromatic N) is 3. The zero-order valence-electron chi connectivity index (χ0n) is 17.6. The summed E-state index contributed by atoms with van der Waals surface area (Å²) in [7, 11) is 0. The van der Waals surface area contributed by atoms with Crippen LogP contribution in [0.25, 0.3) is 5.69 Å². The van der Waals surface area contributed by atoms with Gasteiger partial charge < -0.3 is 19.9 Å². The van der Waals surface area contributed by atoms with Crippen LogP contribution in [0, 0.1) is 0 Å². The number of halogens is 3. The number of hydrogen-bond donors (Lipinski definition) is 2. The van der Waals surface area contributed by atoms with Crippen molar-refractivity contribution in [1.29, 1.82) is 0 Å². The van der Waals surface area contributed by atoms with E-state index in [-0.39, 0.29) is 5.75 Å². The average molecular weight is 481 g/mol. The molecule has 5 nitrogen and oxygen atoms in total. The second-order valence-corrected chi connectivity index (χ2v) is 8.22. The van der Waals surface area contributed by atoms with Crippen molar-refractivity contribution < 1.29 is 18.3 Å². The molecule has 1 fully saturated rings. The van der Waals surface area contributed by atoms with E-state index in [4.69, 9.17) is 12.2 Å². The van der Waals surface area contributed by atoms with Crippen molar-refractivity contribution in [3.8, 4) is 11.4 Å². The van der Waals surface area contributed by atoms with Crippen LogP contribution in [0.2, 0.25) is 0 Å². The highest BCUT2D eigenvalue weighted by atomic mass is 32.1. The Labute approximate surface area is 199 Å². The number of benzene rings is 2. The molecule has 9 heteroatoms. The highest BCUT2D eigenvalue weighted by Crippen LogP contribution is 2.44. The Morgan fingerprint density at radius 3 is 2.47 bits per heavy atom. The standard InChI is InChI=1S/C25H19F3N4OS/c26-25(27,28)16-7-5-8-17(15-16)31-14-6-11-20(31)23-22(18-9-3-4-13-29-18)30-24(34)32(23)19-10-1-2-12-21(19)33/h1-15,22-23,33H,(H,30,34)/t22-,23+/m1/s1. The maximum Gasteiger partial charge on any atom is 0.416 e. The number of hydrogen-bond acceptors (Lipinski definition) is 3. The van der Waals surface area contributed by atoms with Crippen molar-refractivity contribution in [2.75, 3.05) is 4.90 Å². The van der Waals surface area contributed by atoms with Crippen LogP contribution in [-0.4, -0.2) is 19.8 Å². The summed E-state index contributed by atoms with van der Waals surface area (Å²) >= 11 is 5.66. The number of phenolic OH excluding ortho intramolecular Hbond substituents is 1. The van der Waals surface area contributed by atoms with Gasteiger partial charge in [0.25, 0.3) is 0 Å². The number of para-hydroxylation sites is 2. The number of pyridine rings is 1. The summed E-state index contributed by atoms with van der Waals surface area (Å²) in [4.78, 5) is 6.27. The summed E-state index contributed by atoms with van der Waals surface area (Å²) < 4.78 is 41.9. The Morgan fingerprint density at radius 2 is 1.74 bits per heavy atom. The van der Waals surface area contributed by atoms with Gasteiger partial charge in [0.1, 0.15) is 11.8 Å². The van der Waals surface area contributed by atoms with E-state index < -0.39 is 23.8 Å². The molecule has 5 rings (SSSR count). The van der Waals surface area contributed by atoms with Crippen molar-refractivity contribution in [2.24, 2.45) is 0 Å². The summed E-state index contributed by atoms with van der Waals surface area (Å²) in [5.74, 6) is 0.0375. The van der Waals surface area contributed by atoms with Gasteiger partial charge in [-0.15, -0.1) is 0 Å². The molecule has 1 saturated heterocycles. The first-order valence-corrected chi connectivity index (χ1v) is 10.9. The lowest BCUT2D eigenvalue weighted by atomic mass is 10.0. The lowest BCUT2D eigenvalue weighted by molar-refractivity contribution is -0.137. The second-order valence-electron chi connectivity index (χ2n) is 7.84. The number of phenols is 1. The van der Waals surface area contributed by atoms with E-state index in [9.17, 15) is 18.3 Å². The smallest absolute Gasteiger partial charge is 0.416 e. The normalized spacial score (nSPS) is 18.2. The minimum absolute atomic E-state index is 0.0375. The van der Waals surface area contributed by atoms with Crippen LogP contribution in [-0.2, 0) is 6.18 Å². The van der Waals surface area contributed by atoms with Crippen LogP contribution in [0.3, 0.4) is 0 Å². The number of thiocarbonyl (C=S) groups is 1. The van der Waals surface area contributed by atoms with Gasteiger partial charge in [-0.25, -0.2) is 0 Å². The summed E-state index contributed by atoms with van der Waals surface area (Å²) in [6.07, 6.45) is -1.07. The minimum Gasteiger partial charge on any atom is -0.506 e. The Balaban J connectivity index is 1.68. The molecule has 0 bridgehead atoms. The third kappa shape index (κ3) is 3.88. The van der Waals surface area contributed by atoms with Crippen LogP contribution >= 0.6 is 12.2 Å². The summed E-state index contributed by atoms with van der Waals surface area (Å²) in [6, 6.07) is 20.2. The summed E-state index contributed by atoms with van der Waals surface area (Å²) in [5.41, 5.74) is 1.52. The van der Waals surface area contributed by atoms with E-state index in [0.717, 1.165) is 12.1 Å². The highest BCUT2D eigenvalue weighted by Gasteiger charge is 2.43. The topological polar surface area (TPSA) is 53.3 Å². The van der Waals surface area contributed by atoms with Crippen LogP contribution in [0.15, 0.2) is 91.3 Å². The molecule has 2 N–H and O–H groups in total. The molecular formula is C25H19F3N4OS. The van der Waals surface area contributed by atoms with Gasteiger partial charge in [0.15, 0.2) is 5.11 Å². The molecule has 3 heterocycles. The first-order valence-electron chi connectivity index (χ1n) is 10.5. The molecule has 1 aliphatic heterocycles. The van der Waals surface area contributed by atoms with Crippen molar-refractivity contribution in [3.63, 3.8) is 0 Å². The molecule has 4 aromatic rings. The number of alkyl halides is 3. The molecule has 0 amide bonds. The second kappa shape index (κ2) is 8.49. The Hall–Kier alpha value is -3.85. The Bertz CT molecular complexity index is 1340. The van der Waals surface area contributed by atoms with E-state index in [1.807, 2.05) is 18.2 Å². The van der Waals surface area contributed by atoms with Gasteiger partial charge in [0.05, 0.1) is 23.0 Å². The lowest BCUT2D eigenvalue weighted by Crippen LogP contribution is -2.30.